The number of aromatic nitrogens is 7. The number of para-hydroxylation sites is 1. The first kappa shape index (κ1) is 48.0. The molecular weight excluding hydrogens is 977 g/mol. The minimum atomic E-state index is 0.141. The van der Waals surface area contributed by atoms with Crippen LogP contribution in [0.1, 0.15) is 81.6 Å². The van der Waals surface area contributed by atoms with Crippen LogP contribution in [0.25, 0.3) is 22.2 Å². The molecule has 5 aromatic heterocycles. The van der Waals surface area contributed by atoms with Crippen LogP contribution in [0.15, 0.2) is 145 Å². The average Bonchev–Trinajstić information content (AvgIpc) is 3.64. The van der Waals surface area contributed by atoms with Crippen LogP contribution in [0.4, 0.5) is 0 Å². The van der Waals surface area contributed by atoms with Gasteiger partial charge < -0.3 is 14.6 Å². The van der Waals surface area contributed by atoms with Crippen molar-refractivity contribution in [3.05, 3.63) is 216 Å². The van der Waals surface area contributed by atoms with E-state index < -0.39 is 0 Å². The average molecular weight is 1030 g/mol. The van der Waals surface area contributed by atoms with Gasteiger partial charge in [-0.2, -0.15) is 0 Å². The first-order valence-electron chi connectivity index (χ1n) is 24.7. The molecule has 73 heavy (non-hydrogen) atoms. The summed E-state index contributed by atoms with van der Waals surface area (Å²) in [6.07, 6.45) is 17.8. The van der Waals surface area contributed by atoms with Crippen molar-refractivity contribution < 1.29 is 14.4 Å². The summed E-state index contributed by atoms with van der Waals surface area (Å²) < 4.78 is 0. The highest BCUT2D eigenvalue weighted by atomic mass is 35.5. The van der Waals surface area contributed by atoms with Crippen LogP contribution >= 0.6 is 34.8 Å². The molecule has 0 saturated carbocycles. The summed E-state index contributed by atoms with van der Waals surface area (Å²) in [4.78, 5) is 55.4. The summed E-state index contributed by atoms with van der Waals surface area (Å²) in [5, 5.41) is 10.7. The molecular formula is C58H50Cl3N9O3. The fourth-order valence-electron chi connectivity index (χ4n) is 10.6. The van der Waals surface area contributed by atoms with Gasteiger partial charge in [0, 0.05) is 101 Å². The molecule has 12 nitrogen and oxygen atoms in total. The molecule has 0 spiro atoms. The molecule has 4 aliphatic rings. The molecule has 0 bridgehead atoms. The van der Waals surface area contributed by atoms with Gasteiger partial charge in [0.05, 0.1) is 24.2 Å². The number of carbonyl (C=O) groups excluding carboxylic acids is 2. The number of rotatable bonds is 6. The number of amides is 2. The molecule has 2 amide bonds. The van der Waals surface area contributed by atoms with Crippen LogP contribution in [0.2, 0.25) is 15.1 Å². The van der Waals surface area contributed by atoms with Crippen molar-refractivity contribution in [3.8, 4) is 5.75 Å². The first-order chi connectivity index (χ1) is 35.7. The molecule has 0 unspecified atom stereocenters. The van der Waals surface area contributed by atoms with E-state index in [-0.39, 0.29) is 11.8 Å². The van der Waals surface area contributed by atoms with E-state index in [0.29, 0.717) is 49.8 Å². The van der Waals surface area contributed by atoms with Gasteiger partial charge in [0.15, 0.2) is 5.75 Å². The second-order valence-corrected chi connectivity index (χ2v) is 20.0. The Morgan fingerprint density at radius 2 is 1.04 bits per heavy atom. The lowest BCUT2D eigenvalue weighted by atomic mass is 9.88. The second-order valence-electron chi connectivity index (χ2n) is 18.7. The van der Waals surface area contributed by atoms with Crippen LogP contribution in [0.5, 0.6) is 5.75 Å². The lowest BCUT2D eigenvalue weighted by molar-refractivity contribution is -0.131. The summed E-state index contributed by atoms with van der Waals surface area (Å²) in [6, 6.07) is 31.3. The maximum Gasteiger partial charge on any atom is 0.227 e. The lowest BCUT2D eigenvalue weighted by Gasteiger charge is -2.30. The van der Waals surface area contributed by atoms with E-state index in [1.165, 1.54) is 38.3 Å². The number of halogens is 3. The monoisotopic (exact) mass is 1030 g/mol. The quantitative estimate of drug-likeness (QED) is 0.160. The third kappa shape index (κ3) is 10.4. The van der Waals surface area contributed by atoms with Crippen molar-refractivity contribution >= 4 is 68.8 Å². The SMILES string of the molecule is O=C(Cc1ccncc1)N1CCC(=C2c3ccc(Cl)cc3CCc3c(Cl)ccnc32)CC1.O=C(Cc1ccncc1)N1CCC(=C2c3ccc(Cl)cc3CCc3c(On4nnc5ccccc54)ccnc32)CC1. The van der Waals surface area contributed by atoms with E-state index in [1.54, 1.807) is 37.2 Å². The molecule has 2 aliphatic carbocycles. The Labute approximate surface area is 438 Å². The number of carbonyl (C=O) groups is 2. The van der Waals surface area contributed by atoms with Crippen LogP contribution in [0, 0.1) is 0 Å². The van der Waals surface area contributed by atoms with Crippen molar-refractivity contribution in [1.29, 1.82) is 0 Å². The number of nitrogens with zero attached hydrogens (tertiary/aromatic N) is 9. The molecule has 2 saturated heterocycles. The van der Waals surface area contributed by atoms with Gasteiger partial charge in [-0.05, 0) is 162 Å². The smallest absolute Gasteiger partial charge is 0.227 e. The standard InChI is InChI=1S/C32H27ClN6O2.C26H23Cl2N3O/c33-24-6-8-25-23(20-24)5-7-26-29(41-39-28-4-2-1-3-27(28)36-37-39)11-16-35-32(26)31(25)22-12-17-38(18-13-22)30(40)19-21-9-14-34-15-10-21;27-20-2-4-21-19(16-20)1-3-22-23(28)7-12-30-26(22)25(21)18-8-13-31(14-9-18)24(32)15-17-5-10-29-11-6-17/h1-4,6,8-11,14-16,20H,5,7,12-13,17-19H2;2,4-7,10-12,16H,1,3,8-9,13-15H2. The Morgan fingerprint density at radius 3 is 1.60 bits per heavy atom. The van der Waals surface area contributed by atoms with Gasteiger partial charge in [0.1, 0.15) is 11.0 Å². The molecule has 3 aromatic carbocycles. The third-order valence-electron chi connectivity index (χ3n) is 14.3. The highest BCUT2D eigenvalue weighted by molar-refractivity contribution is 6.32. The predicted octanol–water partition coefficient (Wildman–Crippen LogP) is 11.0. The predicted molar refractivity (Wildman–Crippen MR) is 284 cm³/mol. The van der Waals surface area contributed by atoms with Gasteiger partial charge >= 0.3 is 0 Å². The largest absolute Gasteiger partial charge is 0.356 e. The summed E-state index contributed by atoms with van der Waals surface area (Å²) in [6.45, 7) is 2.76. The fraction of sp³-hybridized carbons (Fsp3) is 0.241. The van der Waals surface area contributed by atoms with Crippen molar-refractivity contribution in [1.82, 2.24) is 44.9 Å². The van der Waals surface area contributed by atoms with Crippen LogP contribution < -0.4 is 4.84 Å². The zero-order valence-electron chi connectivity index (χ0n) is 40.0. The number of hydrogen-bond donors (Lipinski definition) is 0. The Balaban J connectivity index is 0.000000162. The summed E-state index contributed by atoms with van der Waals surface area (Å²) in [5.41, 5.74) is 17.2. The Kier molecular flexibility index (Phi) is 14.1. The molecule has 7 heterocycles. The van der Waals surface area contributed by atoms with Crippen molar-refractivity contribution in [2.24, 2.45) is 0 Å². The highest BCUT2D eigenvalue weighted by Crippen LogP contribution is 2.43. The minimum Gasteiger partial charge on any atom is -0.356 e. The van der Waals surface area contributed by atoms with Crippen LogP contribution in [-0.4, -0.2) is 82.9 Å². The van der Waals surface area contributed by atoms with E-state index in [4.69, 9.17) is 49.6 Å². The van der Waals surface area contributed by atoms with Gasteiger partial charge in [-0.3, -0.25) is 29.5 Å². The summed E-state index contributed by atoms with van der Waals surface area (Å²) >= 11 is 19.4. The fourth-order valence-corrected chi connectivity index (χ4v) is 11.2. The van der Waals surface area contributed by atoms with Crippen molar-refractivity contribution in [2.45, 2.75) is 64.2 Å². The number of piperidine rings is 2. The number of aryl methyl sites for hydroxylation is 2. The Bertz CT molecular complexity index is 3430. The lowest BCUT2D eigenvalue weighted by Crippen LogP contribution is -2.37. The topological polar surface area (TPSA) is 132 Å². The van der Waals surface area contributed by atoms with Crippen LogP contribution in [-0.2, 0) is 48.1 Å². The van der Waals surface area contributed by atoms with Gasteiger partial charge in [0.2, 0.25) is 11.8 Å². The first-order valence-corrected chi connectivity index (χ1v) is 25.8. The van der Waals surface area contributed by atoms with Gasteiger partial charge in [-0.15, -0.1) is 5.10 Å². The second kappa shape index (κ2) is 21.5. The molecule has 2 fully saturated rings. The molecule has 0 N–H and O–H groups in total. The number of pyridine rings is 4. The molecule has 12 rings (SSSR count). The Hall–Kier alpha value is -7.25. The number of likely N-dealkylation sites (tertiary alicyclic amines) is 2. The van der Waals surface area contributed by atoms with Gasteiger partial charge in [0.25, 0.3) is 0 Å². The van der Waals surface area contributed by atoms with E-state index in [2.05, 4.69) is 44.5 Å². The normalized spacial score (nSPS) is 15.3. The molecule has 0 radical (unpaired) electrons. The van der Waals surface area contributed by atoms with E-state index in [9.17, 15) is 9.59 Å². The maximum atomic E-state index is 13.1. The van der Waals surface area contributed by atoms with Gasteiger partial charge in [-0.25, -0.2) is 0 Å². The zero-order valence-corrected chi connectivity index (χ0v) is 42.3. The molecule has 8 aromatic rings. The van der Waals surface area contributed by atoms with E-state index in [1.807, 2.05) is 82.6 Å². The number of fused-ring (bicyclic) bond motifs is 5. The van der Waals surface area contributed by atoms with Crippen molar-refractivity contribution in [3.63, 3.8) is 0 Å². The molecule has 15 heteroatoms. The highest BCUT2D eigenvalue weighted by Gasteiger charge is 2.30. The van der Waals surface area contributed by atoms with Gasteiger partial charge in [-0.1, -0.05) is 75.1 Å². The Morgan fingerprint density at radius 1 is 0.534 bits per heavy atom. The minimum absolute atomic E-state index is 0.141. The maximum absolute atomic E-state index is 13.1. The molecule has 366 valence electrons. The zero-order chi connectivity index (χ0) is 49.8. The molecule has 2 aliphatic heterocycles. The number of hydrogen-bond acceptors (Lipinski definition) is 9. The number of benzene rings is 3. The van der Waals surface area contributed by atoms with Crippen molar-refractivity contribution in [2.75, 3.05) is 26.2 Å². The van der Waals surface area contributed by atoms with E-state index in [0.717, 1.165) is 117 Å². The van der Waals surface area contributed by atoms with Crippen LogP contribution in [0.3, 0.4) is 0 Å². The summed E-state index contributed by atoms with van der Waals surface area (Å²) in [5.74, 6) is 1.00. The third-order valence-corrected chi connectivity index (χ3v) is 15.1. The van der Waals surface area contributed by atoms with E-state index >= 15 is 0 Å². The summed E-state index contributed by atoms with van der Waals surface area (Å²) in [7, 11) is 0. The molecule has 0 atom stereocenters.